The molecule has 6 heteroatoms. The fraction of sp³-hybridized carbons (Fsp3) is 0.800. The molecule has 92 valence electrons. The molecule has 0 saturated carbocycles. The Morgan fingerprint density at radius 3 is 2.81 bits per heavy atom. The highest BCUT2D eigenvalue weighted by molar-refractivity contribution is 5.85. The smallest absolute Gasteiger partial charge is 0.239 e. The van der Waals surface area contributed by atoms with E-state index in [1.165, 1.54) is 0 Å². The van der Waals surface area contributed by atoms with Gasteiger partial charge < -0.3 is 16.0 Å². The number of rotatable bonds is 4. The number of hydrogen-bond donors (Lipinski definition) is 3. The molecular weight excluding hydrogens is 208 g/mol. The van der Waals surface area contributed by atoms with Crippen LogP contribution in [0.5, 0.6) is 0 Å². The van der Waals surface area contributed by atoms with Crippen molar-refractivity contribution in [2.75, 3.05) is 46.3 Å². The summed E-state index contributed by atoms with van der Waals surface area (Å²) in [5.74, 6) is -0.267. The van der Waals surface area contributed by atoms with Gasteiger partial charge in [-0.15, -0.1) is 0 Å². The van der Waals surface area contributed by atoms with Crippen molar-refractivity contribution in [2.24, 2.45) is 0 Å². The highest BCUT2D eigenvalue weighted by Crippen LogP contribution is 1.94. The fourth-order valence-electron chi connectivity index (χ4n) is 1.59. The van der Waals surface area contributed by atoms with Crippen molar-refractivity contribution in [3.8, 4) is 0 Å². The van der Waals surface area contributed by atoms with Gasteiger partial charge in [0, 0.05) is 20.1 Å². The van der Waals surface area contributed by atoms with Gasteiger partial charge in [0.2, 0.25) is 11.8 Å². The normalized spacial score (nSPS) is 17.6. The molecule has 0 aromatic rings. The topological polar surface area (TPSA) is 73.5 Å². The SMILES string of the molecule is CNC(=O)CNC(=O)CN1CCCNCC1. The van der Waals surface area contributed by atoms with Gasteiger partial charge in [-0.25, -0.2) is 0 Å². The molecule has 1 rings (SSSR count). The van der Waals surface area contributed by atoms with Crippen LogP contribution in [0, 0.1) is 0 Å². The predicted molar refractivity (Wildman–Crippen MR) is 61.0 cm³/mol. The Morgan fingerprint density at radius 2 is 2.06 bits per heavy atom. The van der Waals surface area contributed by atoms with E-state index in [-0.39, 0.29) is 18.4 Å². The van der Waals surface area contributed by atoms with Gasteiger partial charge in [-0.1, -0.05) is 0 Å². The largest absolute Gasteiger partial charge is 0.358 e. The summed E-state index contributed by atoms with van der Waals surface area (Å²) in [5.41, 5.74) is 0. The number of likely N-dealkylation sites (N-methyl/N-ethyl adjacent to an activating group) is 1. The lowest BCUT2D eigenvalue weighted by molar-refractivity contribution is -0.126. The summed E-state index contributed by atoms with van der Waals surface area (Å²) in [5, 5.41) is 8.32. The fourth-order valence-corrected chi connectivity index (χ4v) is 1.59. The summed E-state index contributed by atoms with van der Waals surface area (Å²) in [6.45, 7) is 4.17. The summed E-state index contributed by atoms with van der Waals surface area (Å²) in [6, 6.07) is 0. The van der Waals surface area contributed by atoms with Gasteiger partial charge in [0.05, 0.1) is 13.1 Å². The number of carbonyl (C=O) groups is 2. The van der Waals surface area contributed by atoms with Crippen molar-refractivity contribution in [3.63, 3.8) is 0 Å². The van der Waals surface area contributed by atoms with Gasteiger partial charge in [0.15, 0.2) is 0 Å². The van der Waals surface area contributed by atoms with Crippen LogP contribution in [0.25, 0.3) is 0 Å². The molecule has 0 atom stereocenters. The average Bonchev–Trinajstić information content (AvgIpc) is 2.54. The Bertz CT molecular complexity index is 237. The lowest BCUT2D eigenvalue weighted by atomic mass is 10.4. The minimum Gasteiger partial charge on any atom is -0.358 e. The first-order chi connectivity index (χ1) is 7.72. The number of nitrogens with one attached hydrogen (secondary N) is 3. The Morgan fingerprint density at radius 1 is 1.25 bits per heavy atom. The van der Waals surface area contributed by atoms with E-state index in [1.54, 1.807) is 7.05 Å². The number of nitrogens with zero attached hydrogens (tertiary/aromatic N) is 1. The lowest BCUT2D eigenvalue weighted by Crippen LogP contribution is -2.42. The minimum absolute atomic E-state index is 0.0570. The highest BCUT2D eigenvalue weighted by atomic mass is 16.2. The molecule has 0 spiro atoms. The summed E-state index contributed by atoms with van der Waals surface area (Å²) < 4.78 is 0. The van der Waals surface area contributed by atoms with Gasteiger partial charge in [0.1, 0.15) is 0 Å². The minimum atomic E-state index is -0.175. The molecule has 0 aromatic carbocycles. The van der Waals surface area contributed by atoms with Crippen LogP contribution in [0.3, 0.4) is 0 Å². The molecule has 1 fully saturated rings. The van der Waals surface area contributed by atoms with Gasteiger partial charge in [-0.2, -0.15) is 0 Å². The van der Waals surface area contributed by atoms with Crippen LogP contribution in [0.15, 0.2) is 0 Å². The van der Waals surface area contributed by atoms with E-state index in [0.717, 1.165) is 32.6 Å². The summed E-state index contributed by atoms with van der Waals surface area (Å²) in [4.78, 5) is 24.5. The standard InChI is InChI=1S/C10H20N4O2/c1-11-9(15)7-13-10(16)8-14-5-2-3-12-4-6-14/h12H,2-8H2,1H3,(H,11,15)(H,13,16). The first kappa shape index (κ1) is 12.9. The average molecular weight is 228 g/mol. The number of carbonyl (C=O) groups excluding carboxylic acids is 2. The van der Waals surface area contributed by atoms with Crippen molar-refractivity contribution < 1.29 is 9.59 Å². The Hall–Kier alpha value is -1.14. The molecule has 0 bridgehead atoms. The molecule has 0 radical (unpaired) electrons. The third-order valence-corrected chi connectivity index (χ3v) is 2.52. The monoisotopic (exact) mass is 228 g/mol. The lowest BCUT2D eigenvalue weighted by Gasteiger charge is -2.18. The molecule has 3 N–H and O–H groups in total. The van der Waals surface area contributed by atoms with Gasteiger partial charge >= 0.3 is 0 Å². The second-order valence-corrected chi connectivity index (χ2v) is 3.83. The summed E-state index contributed by atoms with van der Waals surface area (Å²) in [6.07, 6.45) is 1.06. The molecule has 0 unspecified atom stereocenters. The predicted octanol–water partition coefficient (Wildman–Crippen LogP) is -1.86. The van der Waals surface area contributed by atoms with Crippen molar-refractivity contribution in [2.45, 2.75) is 6.42 Å². The third kappa shape index (κ3) is 5.09. The van der Waals surface area contributed by atoms with E-state index in [9.17, 15) is 9.59 Å². The quantitative estimate of drug-likeness (QED) is 0.528. The molecular formula is C10H20N4O2. The zero-order chi connectivity index (χ0) is 11.8. The second-order valence-electron chi connectivity index (χ2n) is 3.83. The zero-order valence-electron chi connectivity index (χ0n) is 9.71. The maximum absolute atomic E-state index is 11.5. The van der Waals surface area contributed by atoms with E-state index < -0.39 is 0 Å². The van der Waals surface area contributed by atoms with E-state index >= 15 is 0 Å². The molecule has 16 heavy (non-hydrogen) atoms. The maximum atomic E-state index is 11.5. The molecule has 1 aliphatic heterocycles. The summed E-state index contributed by atoms with van der Waals surface area (Å²) >= 11 is 0. The van der Waals surface area contributed by atoms with E-state index in [4.69, 9.17) is 0 Å². The van der Waals surface area contributed by atoms with Crippen LogP contribution in [-0.2, 0) is 9.59 Å². The van der Waals surface area contributed by atoms with E-state index in [2.05, 4.69) is 20.9 Å². The number of hydrogen-bond acceptors (Lipinski definition) is 4. The molecule has 1 heterocycles. The molecule has 0 aromatic heterocycles. The van der Waals surface area contributed by atoms with Crippen molar-refractivity contribution >= 4 is 11.8 Å². The molecule has 1 saturated heterocycles. The summed E-state index contributed by atoms with van der Waals surface area (Å²) in [7, 11) is 1.55. The molecule has 1 aliphatic rings. The van der Waals surface area contributed by atoms with Crippen LogP contribution in [0.1, 0.15) is 6.42 Å². The van der Waals surface area contributed by atoms with Crippen molar-refractivity contribution in [1.82, 2.24) is 20.9 Å². The third-order valence-electron chi connectivity index (χ3n) is 2.52. The van der Waals surface area contributed by atoms with E-state index in [1.807, 2.05) is 0 Å². The zero-order valence-corrected chi connectivity index (χ0v) is 9.71. The van der Waals surface area contributed by atoms with E-state index in [0.29, 0.717) is 6.54 Å². The Balaban J connectivity index is 2.19. The van der Waals surface area contributed by atoms with Crippen LogP contribution >= 0.6 is 0 Å². The van der Waals surface area contributed by atoms with Crippen molar-refractivity contribution in [1.29, 1.82) is 0 Å². The van der Waals surface area contributed by atoms with Crippen LogP contribution < -0.4 is 16.0 Å². The second kappa shape index (κ2) is 7.19. The van der Waals surface area contributed by atoms with Crippen LogP contribution in [0.2, 0.25) is 0 Å². The Labute approximate surface area is 95.8 Å². The molecule has 2 amide bonds. The number of amides is 2. The van der Waals surface area contributed by atoms with Gasteiger partial charge in [-0.3, -0.25) is 14.5 Å². The van der Waals surface area contributed by atoms with Gasteiger partial charge in [0.25, 0.3) is 0 Å². The first-order valence-electron chi connectivity index (χ1n) is 5.62. The van der Waals surface area contributed by atoms with Gasteiger partial charge in [-0.05, 0) is 19.5 Å². The Kier molecular flexibility index (Phi) is 5.81. The molecule has 0 aliphatic carbocycles. The molecule has 6 nitrogen and oxygen atoms in total. The van der Waals surface area contributed by atoms with Crippen molar-refractivity contribution in [3.05, 3.63) is 0 Å². The van der Waals surface area contributed by atoms with Crippen LogP contribution in [-0.4, -0.2) is 63.0 Å². The maximum Gasteiger partial charge on any atom is 0.239 e. The van der Waals surface area contributed by atoms with Crippen LogP contribution in [0.4, 0.5) is 0 Å². The first-order valence-corrected chi connectivity index (χ1v) is 5.62. The highest BCUT2D eigenvalue weighted by Gasteiger charge is 2.12.